The summed E-state index contributed by atoms with van der Waals surface area (Å²) in [7, 11) is 1.73. The Morgan fingerprint density at radius 1 is 1.27 bits per heavy atom. The van der Waals surface area contributed by atoms with Crippen LogP contribution in [0, 0.1) is 29.6 Å². The van der Waals surface area contributed by atoms with Crippen molar-refractivity contribution in [1.29, 1.82) is 0 Å². The molecule has 2 unspecified atom stereocenters. The molecule has 2 nitrogen and oxygen atoms in total. The monoisotopic (exact) mass is 211 g/mol. The van der Waals surface area contributed by atoms with Gasteiger partial charge in [0.05, 0.1) is 0 Å². The highest BCUT2D eigenvalue weighted by Crippen LogP contribution is 2.42. The van der Waals surface area contributed by atoms with Crippen molar-refractivity contribution in [2.45, 2.75) is 40.5 Å². The van der Waals surface area contributed by atoms with E-state index >= 15 is 0 Å². The van der Waals surface area contributed by atoms with Gasteiger partial charge in [-0.2, -0.15) is 0 Å². The largest absolute Gasteiger partial charge is 0.359 e. The fourth-order valence-electron chi connectivity index (χ4n) is 2.98. The Labute approximate surface area is 93.8 Å². The van der Waals surface area contributed by atoms with E-state index in [0.29, 0.717) is 5.92 Å². The molecule has 1 aliphatic carbocycles. The molecule has 0 saturated heterocycles. The van der Waals surface area contributed by atoms with Gasteiger partial charge in [0.2, 0.25) is 5.91 Å². The van der Waals surface area contributed by atoms with Crippen LogP contribution in [-0.2, 0) is 4.79 Å². The van der Waals surface area contributed by atoms with Gasteiger partial charge < -0.3 is 5.32 Å². The summed E-state index contributed by atoms with van der Waals surface area (Å²) >= 11 is 0. The van der Waals surface area contributed by atoms with Crippen LogP contribution in [0.2, 0.25) is 0 Å². The third kappa shape index (κ3) is 2.53. The van der Waals surface area contributed by atoms with Crippen LogP contribution < -0.4 is 5.32 Å². The number of nitrogens with one attached hydrogen (secondary N) is 1. The van der Waals surface area contributed by atoms with Gasteiger partial charge in [0.15, 0.2) is 0 Å². The van der Waals surface area contributed by atoms with E-state index in [1.165, 1.54) is 12.8 Å². The second-order valence-electron chi connectivity index (χ2n) is 5.34. The number of carbonyl (C=O) groups excluding carboxylic acids is 1. The van der Waals surface area contributed by atoms with Crippen molar-refractivity contribution >= 4 is 5.91 Å². The zero-order chi connectivity index (χ0) is 11.6. The molecule has 1 fully saturated rings. The smallest absolute Gasteiger partial charge is 0.222 e. The molecule has 1 amide bonds. The van der Waals surface area contributed by atoms with E-state index < -0.39 is 0 Å². The highest BCUT2D eigenvalue weighted by Gasteiger charge is 2.36. The summed E-state index contributed by atoms with van der Waals surface area (Å²) in [6.07, 6.45) is 2.63. The summed E-state index contributed by atoms with van der Waals surface area (Å²) < 4.78 is 0. The minimum Gasteiger partial charge on any atom is -0.359 e. The van der Waals surface area contributed by atoms with Gasteiger partial charge in [0, 0.05) is 13.0 Å². The Kier molecular flexibility index (Phi) is 4.18. The molecule has 0 aromatic rings. The SMILES string of the molecule is CNC(=O)[C@H](C)[C@@H](C)C1CC[C@@H](C)C1C. The van der Waals surface area contributed by atoms with Crippen LogP contribution in [-0.4, -0.2) is 13.0 Å². The predicted octanol–water partition coefficient (Wildman–Crippen LogP) is 2.69. The van der Waals surface area contributed by atoms with E-state index in [1.807, 2.05) is 0 Å². The van der Waals surface area contributed by atoms with E-state index in [1.54, 1.807) is 7.05 Å². The van der Waals surface area contributed by atoms with Crippen molar-refractivity contribution < 1.29 is 4.79 Å². The Balaban J connectivity index is 2.60. The first kappa shape index (κ1) is 12.5. The van der Waals surface area contributed by atoms with Crippen molar-refractivity contribution in [3.05, 3.63) is 0 Å². The standard InChI is InChI=1S/C13H25NO/c1-8-6-7-12(9(8)2)10(3)11(4)13(15)14-5/h8-12H,6-7H2,1-5H3,(H,14,15)/t8-,9?,10-,11-,12?/m1/s1. The van der Waals surface area contributed by atoms with E-state index in [-0.39, 0.29) is 11.8 Å². The second-order valence-corrected chi connectivity index (χ2v) is 5.34. The zero-order valence-electron chi connectivity index (χ0n) is 10.7. The van der Waals surface area contributed by atoms with Gasteiger partial charge in [-0.1, -0.05) is 34.1 Å². The second kappa shape index (κ2) is 5.00. The molecular weight excluding hydrogens is 186 g/mol. The van der Waals surface area contributed by atoms with Gasteiger partial charge in [-0.15, -0.1) is 0 Å². The summed E-state index contributed by atoms with van der Waals surface area (Å²) in [6.45, 7) is 8.97. The summed E-state index contributed by atoms with van der Waals surface area (Å²) in [5, 5.41) is 2.76. The third-order valence-electron chi connectivity index (χ3n) is 4.65. The van der Waals surface area contributed by atoms with Crippen molar-refractivity contribution in [3.8, 4) is 0 Å². The van der Waals surface area contributed by atoms with Gasteiger partial charge in [0.25, 0.3) is 0 Å². The van der Waals surface area contributed by atoms with Crippen LogP contribution in [0.1, 0.15) is 40.5 Å². The maximum Gasteiger partial charge on any atom is 0.222 e. The van der Waals surface area contributed by atoms with E-state index in [9.17, 15) is 4.79 Å². The Hall–Kier alpha value is -0.530. The number of hydrogen-bond acceptors (Lipinski definition) is 1. The van der Waals surface area contributed by atoms with Crippen LogP contribution >= 0.6 is 0 Å². The summed E-state index contributed by atoms with van der Waals surface area (Å²) in [5.41, 5.74) is 0. The number of carbonyl (C=O) groups is 1. The first-order valence-corrected chi connectivity index (χ1v) is 6.20. The number of amides is 1. The van der Waals surface area contributed by atoms with Gasteiger partial charge >= 0.3 is 0 Å². The zero-order valence-corrected chi connectivity index (χ0v) is 10.7. The van der Waals surface area contributed by atoms with Crippen molar-refractivity contribution in [2.75, 3.05) is 7.05 Å². The third-order valence-corrected chi connectivity index (χ3v) is 4.65. The lowest BCUT2D eigenvalue weighted by Gasteiger charge is -2.28. The molecule has 1 rings (SSSR count). The van der Waals surface area contributed by atoms with Crippen LogP contribution in [0.5, 0.6) is 0 Å². The van der Waals surface area contributed by atoms with E-state index in [0.717, 1.165) is 17.8 Å². The highest BCUT2D eigenvalue weighted by atomic mass is 16.1. The molecule has 0 aliphatic heterocycles. The molecule has 5 atom stereocenters. The quantitative estimate of drug-likeness (QED) is 0.764. The van der Waals surface area contributed by atoms with E-state index in [2.05, 4.69) is 33.0 Å². The van der Waals surface area contributed by atoms with E-state index in [4.69, 9.17) is 0 Å². The Morgan fingerprint density at radius 2 is 1.87 bits per heavy atom. The maximum absolute atomic E-state index is 11.6. The average Bonchev–Trinajstić information content (AvgIpc) is 2.56. The molecule has 1 saturated carbocycles. The molecular formula is C13H25NO. The number of rotatable bonds is 3. The van der Waals surface area contributed by atoms with Gasteiger partial charge in [-0.25, -0.2) is 0 Å². The van der Waals surface area contributed by atoms with Gasteiger partial charge in [-0.05, 0) is 30.1 Å². The summed E-state index contributed by atoms with van der Waals surface area (Å²) in [4.78, 5) is 11.6. The van der Waals surface area contributed by atoms with Crippen LogP contribution in [0.3, 0.4) is 0 Å². The van der Waals surface area contributed by atoms with Gasteiger partial charge in [-0.3, -0.25) is 4.79 Å². The lowest BCUT2D eigenvalue weighted by atomic mass is 9.77. The highest BCUT2D eigenvalue weighted by molar-refractivity contribution is 5.78. The maximum atomic E-state index is 11.6. The summed E-state index contributed by atoms with van der Waals surface area (Å²) in [5.74, 6) is 3.17. The van der Waals surface area contributed by atoms with Crippen molar-refractivity contribution in [3.63, 3.8) is 0 Å². The molecule has 1 aliphatic rings. The molecule has 2 heteroatoms. The molecule has 0 aromatic heterocycles. The van der Waals surface area contributed by atoms with Crippen molar-refractivity contribution in [2.24, 2.45) is 29.6 Å². The van der Waals surface area contributed by atoms with Crippen LogP contribution in [0.25, 0.3) is 0 Å². The first-order chi connectivity index (χ1) is 6.99. The predicted molar refractivity (Wildman–Crippen MR) is 63.4 cm³/mol. The lowest BCUT2D eigenvalue weighted by molar-refractivity contribution is -0.126. The molecule has 1 N–H and O–H groups in total. The molecule has 0 heterocycles. The van der Waals surface area contributed by atoms with Crippen molar-refractivity contribution in [1.82, 2.24) is 5.32 Å². The minimum atomic E-state index is 0.146. The lowest BCUT2D eigenvalue weighted by Crippen LogP contribution is -2.33. The fraction of sp³-hybridized carbons (Fsp3) is 0.923. The molecule has 88 valence electrons. The van der Waals surface area contributed by atoms with Gasteiger partial charge in [0.1, 0.15) is 0 Å². The minimum absolute atomic E-state index is 0.146. The molecule has 0 radical (unpaired) electrons. The number of hydrogen-bond donors (Lipinski definition) is 1. The molecule has 0 bridgehead atoms. The first-order valence-electron chi connectivity index (χ1n) is 6.20. The van der Waals surface area contributed by atoms with Crippen LogP contribution in [0.4, 0.5) is 0 Å². The molecule has 0 aromatic carbocycles. The normalized spacial score (nSPS) is 34.9. The fourth-order valence-corrected chi connectivity index (χ4v) is 2.98. The van der Waals surface area contributed by atoms with Crippen LogP contribution in [0.15, 0.2) is 0 Å². The molecule has 15 heavy (non-hydrogen) atoms. The molecule has 0 spiro atoms. The average molecular weight is 211 g/mol. The summed E-state index contributed by atoms with van der Waals surface area (Å²) in [6, 6.07) is 0. The topological polar surface area (TPSA) is 29.1 Å². The Bertz CT molecular complexity index is 227. The Morgan fingerprint density at radius 3 is 2.27 bits per heavy atom.